The molecule has 1 aliphatic rings. The fourth-order valence-electron chi connectivity index (χ4n) is 2.99. The zero-order valence-corrected chi connectivity index (χ0v) is 16.3. The number of likely N-dealkylation sites (N-methyl/N-ethyl adjacent to an activating group) is 1. The fourth-order valence-corrected chi connectivity index (χ4v) is 4.15. The molecule has 1 atom stereocenters. The predicted molar refractivity (Wildman–Crippen MR) is 106 cm³/mol. The van der Waals surface area contributed by atoms with Gasteiger partial charge in [0.05, 0.1) is 11.4 Å². The summed E-state index contributed by atoms with van der Waals surface area (Å²) in [5.41, 5.74) is 1.56. The van der Waals surface area contributed by atoms with Crippen LogP contribution in [-0.2, 0) is 4.79 Å². The number of H-pyrrole nitrogens is 1. The number of thioether (sulfide) groups is 1. The van der Waals surface area contributed by atoms with Gasteiger partial charge in [-0.3, -0.25) is 9.59 Å². The van der Waals surface area contributed by atoms with Gasteiger partial charge in [0.25, 0.3) is 5.91 Å². The van der Waals surface area contributed by atoms with E-state index in [9.17, 15) is 9.59 Å². The zero-order valence-electron chi connectivity index (χ0n) is 15.5. The minimum absolute atomic E-state index is 0.0691. The molecular formula is C19H26N4O2S. The molecule has 0 bridgehead atoms. The van der Waals surface area contributed by atoms with Crippen LogP contribution in [0.5, 0.6) is 0 Å². The van der Waals surface area contributed by atoms with Gasteiger partial charge in [0.2, 0.25) is 5.91 Å². The summed E-state index contributed by atoms with van der Waals surface area (Å²) in [6, 6.07) is 7.75. The van der Waals surface area contributed by atoms with E-state index < -0.39 is 6.04 Å². The number of aromatic nitrogens is 1. The Morgan fingerprint density at radius 1 is 1.38 bits per heavy atom. The van der Waals surface area contributed by atoms with Crippen LogP contribution in [0.4, 0.5) is 0 Å². The summed E-state index contributed by atoms with van der Waals surface area (Å²) < 4.78 is 0. The summed E-state index contributed by atoms with van der Waals surface area (Å²) in [7, 11) is 2.04. The molecule has 1 fully saturated rings. The summed E-state index contributed by atoms with van der Waals surface area (Å²) in [6.45, 7) is 5.62. The Morgan fingerprint density at radius 3 is 2.92 bits per heavy atom. The molecule has 1 saturated heterocycles. The zero-order chi connectivity index (χ0) is 18.7. The van der Waals surface area contributed by atoms with Crippen LogP contribution in [0.25, 0.3) is 10.9 Å². The van der Waals surface area contributed by atoms with Gasteiger partial charge in [-0.1, -0.05) is 18.2 Å². The van der Waals surface area contributed by atoms with Crippen molar-refractivity contribution in [3.8, 4) is 0 Å². The maximum absolute atomic E-state index is 13.0. The van der Waals surface area contributed by atoms with Crippen molar-refractivity contribution in [3.05, 3.63) is 36.0 Å². The van der Waals surface area contributed by atoms with Crippen molar-refractivity contribution in [2.75, 3.05) is 31.8 Å². The number of hydrogen-bond donors (Lipinski definition) is 2. The molecule has 2 N–H and O–H groups in total. The highest BCUT2D eigenvalue weighted by molar-refractivity contribution is 7.99. The Kier molecular flexibility index (Phi) is 5.88. The molecule has 0 spiro atoms. The van der Waals surface area contributed by atoms with Crippen LogP contribution in [0.3, 0.4) is 0 Å². The SMILES string of the molecule is CC(C)N(C)CCNC(=O)C1CSCN1C(=O)c1c[nH]c2ccccc12. The predicted octanol–water partition coefficient (Wildman–Crippen LogP) is 2.14. The van der Waals surface area contributed by atoms with E-state index in [-0.39, 0.29) is 11.8 Å². The molecule has 26 heavy (non-hydrogen) atoms. The fraction of sp³-hybridized carbons (Fsp3) is 0.474. The van der Waals surface area contributed by atoms with Crippen LogP contribution in [0.1, 0.15) is 24.2 Å². The molecule has 7 heteroatoms. The first-order valence-electron chi connectivity index (χ1n) is 8.92. The Balaban J connectivity index is 1.66. The molecule has 0 saturated carbocycles. The van der Waals surface area contributed by atoms with Crippen LogP contribution < -0.4 is 5.32 Å². The van der Waals surface area contributed by atoms with Gasteiger partial charge < -0.3 is 20.1 Å². The molecule has 2 amide bonds. The number of amides is 2. The molecule has 6 nitrogen and oxygen atoms in total. The molecule has 3 rings (SSSR count). The Labute approximate surface area is 158 Å². The maximum Gasteiger partial charge on any atom is 0.257 e. The van der Waals surface area contributed by atoms with Gasteiger partial charge in [-0.25, -0.2) is 0 Å². The highest BCUT2D eigenvalue weighted by Gasteiger charge is 2.35. The lowest BCUT2D eigenvalue weighted by molar-refractivity contribution is -0.124. The molecule has 2 aromatic rings. The summed E-state index contributed by atoms with van der Waals surface area (Å²) in [5, 5.41) is 3.88. The molecule has 0 aliphatic carbocycles. The van der Waals surface area contributed by atoms with Gasteiger partial charge >= 0.3 is 0 Å². The maximum atomic E-state index is 13.0. The second-order valence-electron chi connectivity index (χ2n) is 6.90. The quantitative estimate of drug-likeness (QED) is 0.813. The average molecular weight is 375 g/mol. The number of rotatable bonds is 6. The van der Waals surface area contributed by atoms with Crippen LogP contribution >= 0.6 is 11.8 Å². The van der Waals surface area contributed by atoms with E-state index in [2.05, 4.69) is 29.0 Å². The van der Waals surface area contributed by atoms with Crippen molar-refractivity contribution in [1.82, 2.24) is 20.1 Å². The molecule has 2 heterocycles. The third kappa shape index (κ3) is 3.88. The first kappa shape index (κ1) is 18.8. The van der Waals surface area contributed by atoms with Gasteiger partial charge in [0, 0.05) is 42.0 Å². The third-order valence-electron chi connectivity index (χ3n) is 4.91. The lowest BCUT2D eigenvalue weighted by Crippen LogP contribution is -2.48. The van der Waals surface area contributed by atoms with E-state index in [0.717, 1.165) is 17.4 Å². The molecular weight excluding hydrogens is 348 g/mol. The van der Waals surface area contributed by atoms with Crippen molar-refractivity contribution in [2.45, 2.75) is 25.9 Å². The molecule has 1 aromatic heterocycles. The summed E-state index contributed by atoms with van der Waals surface area (Å²) >= 11 is 1.62. The van der Waals surface area contributed by atoms with Gasteiger partial charge in [-0.15, -0.1) is 11.8 Å². The van der Waals surface area contributed by atoms with E-state index in [4.69, 9.17) is 0 Å². The van der Waals surface area contributed by atoms with E-state index in [0.29, 0.717) is 29.8 Å². The second kappa shape index (κ2) is 8.14. The molecule has 1 aromatic carbocycles. The minimum Gasteiger partial charge on any atom is -0.360 e. The van der Waals surface area contributed by atoms with Crippen molar-refractivity contribution in [1.29, 1.82) is 0 Å². The number of fused-ring (bicyclic) bond motifs is 1. The Morgan fingerprint density at radius 2 is 2.15 bits per heavy atom. The van der Waals surface area contributed by atoms with E-state index in [1.54, 1.807) is 22.9 Å². The van der Waals surface area contributed by atoms with Crippen molar-refractivity contribution in [3.63, 3.8) is 0 Å². The van der Waals surface area contributed by atoms with E-state index >= 15 is 0 Å². The normalized spacial score (nSPS) is 17.4. The topological polar surface area (TPSA) is 68.4 Å². The Hall–Kier alpha value is -1.99. The van der Waals surface area contributed by atoms with Gasteiger partial charge in [0.1, 0.15) is 6.04 Å². The smallest absolute Gasteiger partial charge is 0.257 e. The number of aromatic amines is 1. The van der Waals surface area contributed by atoms with Crippen molar-refractivity contribution >= 4 is 34.5 Å². The lowest BCUT2D eigenvalue weighted by Gasteiger charge is -2.24. The van der Waals surface area contributed by atoms with Crippen LogP contribution in [0.15, 0.2) is 30.5 Å². The summed E-state index contributed by atoms with van der Waals surface area (Å²) in [5.74, 6) is 1.02. The number of carbonyl (C=O) groups is 2. The number of carbonyl (C=O) groups excluding carboxylic acids is 2. The molecule has 0 radical (unpaired) electrons. The lowest BCUT2D eigenvalue weighted by atomic mass is 10.1. The minimum atomic E-state index is -0.412. The second-order valence-corrected chi connectivity index (χ2v) is 7.90. The number of hydrogen-bond acceptors (Lipinski definition) is 4. The Bertz CT molecular complexity index is 789. The van der Waals surface area contributed by atoms with E-state index in [1.807, 2.05) is 31.3 Å². The van der Waals surface area contributed by atoms with Crippen molar-refractivity contribution in [2.24, 2.45) is 0 Å². The van der Waals surface area contributed by atoms with Crippen LogP contribution in [-0.4, -0.2) is 70.4 Å². The standard InChI is InChI=1S/C19H26N4O2S/c1-13(2)22(3)9-8-20-18(24)17-11-26-12-23(17)19(25)15-10-21-16-7-5-4-6-14(15)16/h4-7,10,13,17,21H,8-9,11-12H2,1-3H3,(H,20,24). The highest BCUT2D eigenvalue weighted by Crippen LogP contribution is 2.26. The number of nitrogens with one attached hydrogen (secondary N) is 2. The molecule has 1 unspecified atom stereocenters. The number of nitrogens with zero attached hydrogens (tertiary/aromatic N) is 2. The number of para-hydroxylation sites is 1. The number of benzene rings is 1. The van der Waals surface area contributed by atoms with Crippen molar-refractivity contribution < 1.29 is 9.59 Å². The third-order valence-corrected chi connectivity index (χ3v) is 5.92. The van der Waals surface area contributed by atoms with Crippen LogP contribution in [0.2, 0.25) is 0 Å². The van der Waals surface area contributed by atoms with Gasteiger partial charge in [-0.05, 0) is 27.0 Å². The molecule has 1 aliphatic heterocycles. The van der Waals surface area contributed by atoms with Crippen LogP contribution in [0, 0.1) is 0 Å². The first-order valence-corrected chi connectivity index (χ1v) is 10.1. The van der Waals surface area contributed by atoms with E-state index in [1.165, 1.54) is 0 Å². The monoisotopic (exact) mass is 374 g/mol. The van der Waals surface area contributed by atoms with Gasteiger partial charge in [0.15, 0.2) is 0 Å². The molecule has 140 valence electrons. The summed E-state index contributed by atoms with van der Waals surface area (Å²) in [4.78, 5) is 32.6. The average Bonchev–Trinajstić information content (AvgIpc) is 3.28. The van der Waals surface area contributed by atoms with Gasteiger partial charge in [-0.2, -0.15) is 0 Å². The summed E-state index contributed by atoms with van der Waals surface area (Å²) in [6.07, 6.45) is 1.74. The largest absolute Gasteiger partial charge is 0.360 e. The first-order chi connectivity index (χ1) is 12.5. The highest BCUT2D eigenvalue weighted by atomic mass is 32.2.